The molecule has 3 rings (SSSR count). The molecule has 1 aromatic carbocycles. The van der Waals surface area contributed by atoms with Crippen LogP contribution in [-0.4, -0.2) is 29.5 Å². The third kappa shape index (κ3) is 2.63. The Labute approximate surface area is 128 Å². The summed E-state index contributed by atoms with van der Waals surface area (Å²) < 4.78 is 25.2. The summed E-state index contributed by atoms with van der Waals surface area (Å²) in [6.07, 6.45) is 1.13. The van der Waals surface area contributed by atoms with Crippen molar-refractivity contribution in [2.24, 2.45) is 0 Å². The molecule has 2 heterocycles. The predicted molar refractivity (Wildman–Crippen MR) is 80.9 cm³/mol. The summed E-state index contributed by atoms with van der Waals surface area (Å²) in [5.41, 5.74) is 2.21. The van der Waals surface area contributed by atoms with Gasteiger partial charge in [0.2, 0.25) is 0 Å². The van der Waals surface area contributed by atoms with E-state index in [0.717, 1.165) is 16.9 Å². The van der Waals surface area contributed by atoms with Gasteiger partial charge in [0.15, 0.2) is 0 Å². The minimum Gasteiger partial charge on any atom is -0.324 e. The summed E-state index contributed by atoms with van der Waals surface area (Å²) in [7, 11) is -2.91. The van der Waals surface area contributed by atoms with Gasteiger partial charge in [-0.3, -0.25) is 0 Å². The van der Waals surface area contributed by atoms with Crippen LogP contribution in [0.2, 0.25) is 0 Å². The van der Waals surface area contributed by atoms with Crippen LogP contribution in [0.25, 0.3) is 11.0 Å². The molecule has 0 aliphatic carbocycles. The van der Waals surface area contributed by atoms with Gasteiger partial charge in [0.1, 0.15) is 15.7 Å². The Morgan fingerprint density at radius 2 is 2.10 bits per heavy atom. The van der Waals surface area contributed by atoms with Crippen molar-refractivity contribution in [3.05, 3.63) is 29.6 Å². The molecule has 0 spiro atoms. The van der Waals surface area contributed by atoms with Crippen molar-refractivity contribution < 1.29 is 8.42 Å². The van der Waals surface area contributed by atoms with E-state index in [1.165, 1.54) is 0 Å². The van der Waals surface area contributed by atoms with E-state index in [4.69, 9.17) is 16.9 Å². The molecule has 1 aliphatic heterocycles. The van der Waals surface area contributed by atoms with Gasteiger partial charge < -0.3 is 4.57 Å². The molecular weight excluding hydrogens is 310 g/mol. The highest BCUT2D eigenvalue weighted by Gasteiger charge is 2.27. The Bertz CT molecular complexity index is 822. The second-order valence-electron chi connectivity index (χ2n) is 5.23. The van der Waals surface area contributed by atoms with Crippen molar-refractivity contribution in [2.45, 2.75) is 24.8 Å². The van der Waals surface area contributed by atoms with Gasteiger partial charge in [0.25, 0.3) is 0 Å². The first-order chi connectivity index (χ1) is 10.0. The van der Waals surface area contributed by atoms with Crippen LogP contribution in [0.15, 0.2) is 18.2 Å². The van der Waals surface area contributed by atoms with E-state index in [-0.39, 0.29) is 23.4 Å². The third-order valence-corrected chi connectivity index (χ3v) is 5.85. The van der Waals surface area contributed by atoms with Crippen LogP contribution in [0.4, 0.5) is 0 Å². The van der Waals surface area contributed by atoms with Crippen molar-refractivity contribution in [3.8, 4) is 6.07 Å². The minimum atomic E-state index is -2.91. The molecule has 21 heavy (non-hydrogen) atoms. The Morgan fingerprint density at radius 1 is 1.38 bits per heavy atom. The summed E-state index contributed by atoms with van der Waals surface area (Å²) in [4.78, 5) is 4.49. The predicted octanol–water partition coefficient (Wildman–Crippen LogP) is 2.40. The molecule has 0 N–H and O–H groups in total. The first-order valence-corrected chi connectivity index (χ1v) is 9.07. The number of alkyl halides is 1. The van der Waals surface area contributed by atoms with Crippen LogP contribution in [0.5, 0.6) is 0 Å². The summed E-state index contributed by atoms with van der Waals surface area (Å²) in [6, 6.07) is 7.51. The lowest BCUT2D eigenvalue weighted by atomic mass is 10.1. The van der Waals surface area contributed by atoms with Gasteiger partial charge in [-0.05, 0) is 31.0 Å². The number of hydrogen-bond acceptors (Lipinski definition) is 4. The second-order valence-corrected chi connectivity index (χ2v) is 7.80. The first-order valence-electron chi connectivity index (χ1n) is 6.71. The molecular formula is C14H14ClN3O2S. The number of imidazole rings is 1. The lowest BCUT2D eigenvalue weighted by Crippen LogP contribution is -2.26. The molecule has 0 bridgehead atoms. The van der Waals surface area contributed by atoms with E-state index in [2.05, 4.69) is 11.1 Å². The van der Waals surface area contributed by atoms with Crippen LogP contribution in [-0.2, 0) is 15.7 Å². The van der Waals surface area contributed by atoms with E-state index < -0.39 is 9.84 Å². The van der Waals surface area contributed by atoms with Crippen LogP contribution >= 0.6 is 11.6 Å². The highest BCUT2D eigenvalue weighted by molar-refractivity contribution is 7.91. The van der Waals surface area contributed by atoms with Gasteiger partial charge in [0.05, 0.1) is 40.1 Å². The van der Waals surface area contributed by atoms with E-state index >= 15 is 0 Å². The SMILES string of the molecule is N#Cc1ccc2nc(CCl)n(C3CCS(=O)(=O)CC3)c2c1. The van der Waals surface area contributed by atoms with Gasteiger partial charge in [-0.25, -0.2) is 13.4 Å². The van der Waals surface area contributed by atoms with Crippen LogP contribution < -0.4 is 0 Å². The van der Waals surface area contributed by atoms with Crippen molar-refractivity contribution >= 4 is 32.5 Å². The van der Waals surface area contributed by atoms with E-state index in [9.17, 15) is 8.42 Å². The Hall–Kier alpha value is -1.58. The van der Waals surface area contributed by atoms with Crippen molar-refractivity contribution in [2.75, 3.05) is 11.5 Å². The number of nitriles is 1. The molecule has 0 unspecified atom stereocenters. The highest BCUT2D eigenvalue weighted by Crippen LogP contribution is 2.30. The molecule has 0 saturated carbocycles. The van der Waals surface area contributed by atoms with Gasteiger partial charge >= 0.3 is 0 Å². The second kappa shape index (κ2) is 5.32. The molecule has 1 aromatic heterocycles. The van der Waals surface area contributed by atoms with Gasteiger partial charge in [-0.1, -0.05) is 0 Å². The quantitative estimate of drug-likeness (QED) is 0.795. The normalized spacial score (nSPS) is 18.7. The first kappa shape index (κ1) is 14.4. The molecule has 0 atom stereocenters. The number of rotatable bonds is 2. The van der Waals surface area contributed by atoms with E-state index in [1.54, 1.807) is 18.2 Å². The zero-order valence-electron chi connectivity index (χ0n) is 11.3. The molecule has 1 aliphatic rings. The monoisotopic (exact) mass is 323 g/mol. The number of nitrogens with zero attached hydrogens (tertiary/aromatic N) is 3. The molecule has 1 saturated heterocycles. The zero-order valence-corrected chi connectivity index (χ0v) is 12.9. The van der Waals surface area contributed by atoms with Gasteiger partial charge in [-0.2, -0.15) is 5.26 Å². The Morgan fingerprint density at radius 3 is 2.71 bits per heavy atom. The lowest BCUT2D eigenvalue weighted by molar-refractivity contribution is 0.450. The maximum absolute atomic E-state index is 11.6. The average Bonchev–Trinajstić information content (AvgIpc) is 2.85. The van der Waals surface area contributed by atoms with E-state index in [0.29, 0.717) is 18.4 Å². The lowest BCUT2D eigenvalue weighted by Gasteiger charge is -2.25. The molecule has 0 amide bonds. The molecule has 2 aromatic rings. The van der Waals surface area contributed by atoms with Crippen molar-refractivity contribution in [1.82, 2.24) is 9.55 Å². The Balaban J connectivity index is 2.10. The number of hydrogen-bond donors (Lipinski definition) is 0. The third-order valence-electron chi connectivity index (χ3n) is 3.90. The van der Waals surface area contributed by atoms with Gasteiger partial charge in [-0.15, -0.1) is 11.6 Å². The fraction of sp³-hybridized carbons (Fsp3) is 0.429. The largest absolute Gasteiger partial charge is 0.324 e. The fourth-order valence-electron chi connectivity index (χ4n) is 2.85. The van der Waals surface area contributed by atoms with Crippen molar-refractivity contribution in [3.63, 3.8) is 0 Å². The summed E-state index contributed by atoms with van der Waals surface area (Å²) in [6.45, 7) is 0. The van der Waals surface area contributed by atoms with E-state index in [1.807, 2.05) is 4.57 Å². The molecule has 1 fully saturated rings. The molecule has 7 heteroatoms. The number of halogens is 1. The molecule has 0 radical (unpaired) electrons. The number of fused-ring (bicyclic) bond motifs is 1. The molecule has 5 nitrogen and oxygen atoms in total. The average molecular weight is 324 g/mol. The number of sulfone groups is 1. The summed E-state index contributed by atoms with van der Waals surface area (Å²) >= 11 is 5.99. The smallest absolute Gasteiger partial charge is 0.150 e. The fourth-order valence-corrected chi connectivity index (χ4v) is 4.50. The van der Waals surface area contributed by atoms with Crippen molar-refractivity contribution in [1.29, 1.82) is 5.26 Å². The number of benzene rings is 1. The Kier molecular flexibility index (Phi) is 3.64. The summed E-state index contributed by atoms with van der Waals surface area (Å²) in [5, 5.41) is 9.05. The maximum Gasteiger partial charge on any atom is 0.150 e. The minimum absolute atomic E-state index is 0.0706. The zero-order chi connectivity index (χ0) is 15.0. The van der Waals surface area contributed by atoms with Crippen LogP contribution in [0.1, 0.15) is 30.3 Å². The standard InChI is InChI=1S/C14H14ClN3O2S/c15-8-14-17-12-2-1-10(9-16)7-13(12)18(14)11-3-5-21(19,20)6-4-11/h1-2,7,11H,3-6,8H2. The maximum atomic E-state index is 11.6. The number of aromatic nitrogens is 2. The van der Waals surface area contributed by atoms with Crippen LogP contribution in [0.3, 0.4) is 0 Å². The summed E-state index contributed by atoms with van der Waals surface area (Å²) in [5.74, 6) is 1.37. The topological polar surface area (TPSA) is 75.8 Å². The van der Waals surface area contributed by atoms with Gasteiger partial charge in [0, 0.05) is 6.04 Å². The molecule has 110 valence electrons. The van der Waals surface area contributed by atoms with Crippen LogP contribution in [0, 0.1) is 11.3 Å². The highest BCUT2D eigenvalue weighted by atomic mass is 35.5.